The van der Waals surface area contributed by atoms with Crippen LogP contribution in [-0.4, -0.2) is 19.8 Å². The molecule has 5 heteroatoms. The van der Waals surface area contributed by atoms with Crippen molar-refractivity contribution in [1.82, 2.24) is 0 Å². The smallest absolute Gasteiger partial charge is 0.287 e. The summed E-state index contributed by atoms with van der Waals surface area (Å²) in [5.74, 6) is 1.25. The summed E-state index contributed by atoms with van der Waals surface area (Å²) in [6.07, 6.45) is 13.5. The minimum Gasteiger partial charge on any atom is -0.287 e. The first-order chi connectivity index (χ1) is 14.0. The van der Waals surface area contributed by atoms with Gasteiger partial charge in [0.15, 0.2) is 0 Å². The molecular weight excluding hydrogens is 383 g/mol. The van der Waals surface area contributed by atoms with E-state index in [1.54, 1.807) is 0 Å². The summed E-state index contributed by atoms with van der Waals surface area (Å²) in [6, 6.07) is 0. The van der Waals surface area contributed by atoms with Gasteiger partial charge in [-0.05, 0) is 37.0 Å². The van der Waals surface area contributed by atoms with Gasteiger partial charge in [-0.15, -0.1) is 0 Å². The van der Waals surface area contributed by atoms with E-state index in [0.29, 0.717) is 37.6 Å². The van der Waals surface area contributed by atoms with Crippen molar-refractivity contribution in [1.29, 1.82) is 0 Å². The lowest BCUT2D eigenvalue weighted by atomic mass is 10.0. The van der Waals surface area contributed by atoms with E-state index >= 15 is 0 Å². The molecule has 0 aromatic heterocycles. The van der Waals surface area contributed by atoms with Crippen LogP contribution in [0.15, 0.2) is 0 Å². The van der Waals surface area contributed by atoms with Gasteiger partial charge in [0.25, 0.3) is 0 Å². The van der Waals surface area contributed by atoms with Crippen LogP contribution < -0.4 is 0 Å². The monoisotopic (exact) mass is 434 g/mol. The van der Waals surface area contributed by atoms with Crippen LogP contribution in [0, 0.1) is 17.8 Å². The first-order valence-corrected chi connectivity index (χ1v) is 14.0. The second-order valence-electron chi connectivity index (χ2n) is 8.58. The number of hydrogen-bond donors (Lipinski definition) is 0. The Morgan fingerprint density at radius 2 is 0.828 bits per heavy atom. The summed E-state index contributed by atoms with van der Waals surface area (Å²) >= 11 is 0. The minimum atomic E-state index is -3.52. The van der Waals surface area contributed by atoms with Crippen molar-refractivity contribution in [3.05, 3.63) is 0 Å². The maximum absolute atomic E-state index is 13.4. The summed E-state index contributed by atoms with van der Waals surface area (Å²) in [4.78, 5) is 0. The maximum atomic E-state index is 13.4. The van der Waals surface area contributed by atoms with Gasteiger partial charge in [-0.1, -0.05) is 99.3 Å². The molecule has 0 spiro atoms. The van der Waals surface area contributed by atoms with Crippen molar-refractivity contribution in [3.63, 3.8) is 0 Å². The van der Waals surface area contributed by atoms with Gasteiger partial charge in [0.1, 0.15) is 0 Å². The molecule has 4 nitrogen and oxygen atoms in total. The highest BCUT2D eigenvalue weighted by molar-refractivity contribution is 7.48. The van der Waals surface area contributed by atoms with E-state index in [1.807, 2.05) is 0 Å². The van der Waals surface area contributed by atoms with Crippen molar-refractivity contribution in [3.8, 4) is 0 Å². The predicted molar refractivity (Wildman–Crippen MR) is 125 cm³/mol. The molecule has 3 atom stereocenters. The van der Waals surface area contributed by atoms with Gasteiger partial charge in [0.05, 0.1) is 19.8 Å². The molecule has 0 saturated heterocycles. The summed E-state index contributed by atoms with van der Waals surface area (Å²) < 4.78 is 31.1. The lowest BCUT2D eigenvalue weighted by molar-refractivity contribution is 0.0732. The molecule has 0 bridgehead atoms. The lowest BCUT2D eigenvalue weighted by Gasteiger charge is -2.25. The molecule has 0 saturated carbocycles. The number of rotatable bonds is 21. The van der Waals surface area contributed by atoms with E-state index < -0.39 is 7.82 Å². The predicted octanol–water partition coefficient (Wildman–Crippen LogP) is 8.79. The largest absolute Gasteiger partial charge is 0.474 e. The number of phosphoric ester groups is 1. The fraction of sp³-hybridized carbons (Fsp3) is 1.00. The third-order valence-electron chi connectivity index (χ3n) is 6.03. The Balaban J connectivity index is 4.91. The van der Waals surface area contributed by atoms with Crippen LogP contribution in [0.5, 0.6) is 0 Å². The van der Waals surface area contributed by atoms with Gasteiger partial charge in [-0.2, -0.15) is 0 Å². The molecule has 29 heavy (non-hydrogen) atoms. The van der Waals surface area contributed by atoms with Crippen LogP contribution in [0.3, 0.4) is 0 Å². The van der Waals surface area contributed by atoms with Gasteiger partial charge in [-0.3, -0.25) is 13.6 Å². The zero-order valence-corrected chi connectivity index (χ0v) is 21.3. The molecule has 0 aliphatic carbocycles. The number of unbranched alkanes of at least 4 members (excludes halogenated alkanes) is 3. The minimum absolute atomic E-state index is 0.416. The molecule has 0 aliphatic rings. The van der Waals surface area contributed by atoms with Crippen LogP contribution in [0.25, 0.3) is 0 Å². The molecule has 0 rings (SSSR count). The van der Waals surface area contributed by atoms with Gasteiger partial charge in [0.2, 0.25) is 0 Å². The van der Waals surface area contributed by atoms with Crippen molar-refractivity contribution < 1.29 is 18.1 Å². The normalized spacial score (nSPS) is 15.4. The summed E-state index contributed by atoms with van der Waals surface area (Å²) in [7, 11) is -3.52. The van der Waals surface area contributed by atoms with Gasteiger partial charge >= 0.3 is 7.82 Å². The average molecular weight is 435 g/mol. The fourth-order valence-electron chi connectivity index (χ4n) is 3.40. The van der Waals surface area contributed by atoms with E-state index in [4.69, 9.17) is 13.6 Å². The van der Waals surface area contributed by atoms with E-state index in [9.17, 15) is 4.57 Å². The molecule has 0 fully saturated rings. The summed E-state index contributed by atoms with van der Waals surface area (Å²) in [6.45, 7) is 14.5. The number of hydrogen-bond acceptors (Lipinski definition) is 4. The highest BCUT2D eigenvalue weighted by Crippen LogP contribution is 2.51. The molecular formula is C24H51O4P. The third kappa shape index (κ3) is 14.7. The Morgan fingerprint density at radius 3 is 1.03 bits per heavy atom. The first kappa shape index (κ1) is 29.1. The summed E-state index contributed by atoms with van der Waals surface area (Å²) in [5.41, 5.74) is 0. The zero-order chi connectivity index (χ0) is 22.0. The fourth-order valence-corrected chi connectivity index (χ4v) is 4.80. The third-order valence-corrected chi connectivity index (χ3v) is 7.43. The molecule has 0 aromatic carbocycles. The topological polar surface area (TPSA) is 44.8 Å². The van der Waals surface area contributed by atoms with Gasteiger partial charge in [-0.25, -0.2) is 4.57 Å². The molecule has 0 radical (unpaired) electrons. The van der Waals surface area contributed by atoms with Crippen molar-refractivity contribution in [2.75, 3.05) is 19.8 Å². The van der Waals surface area contributed by atoms with Crippen LogP contribution in [-0.2, 0) is 18.1 Å². The SMILES string of the molecule is CCCC[C@@H](CC)COP(=O)(OC[C@H](CC)CCCC)OC[C@@H](CC)CCCC. The Hall–Kier alpha value is 0.110. The Kier molecular flexibility index (Phi) is 18.9. The Bertz CT molecular complexity index is 345. The highest BCUT2D eigenvalue weighted by atomic mass is 31.2. The lowest BCUT2D eigenvalue weighted by Crippen LogP contribution is -2.16. The van der Waals surface area contributed by atoms with Crippen LogP contribution >= 0.6 is 7.82 Å². The Labute approximate surface area is 182 Å². The molecule has 0 amide bonds. The highest BCUT2D eigenvalue weighted by Gasteiger charge is 2.30. The van der Waals surface area contributed by atoms with Gasteiger partial charge < -0.3 is 0 Å². The number of phosphoric acid groups is 1. The standard InChI is InChI=1S/C24H51O4P/c1-7-13-16-22(10-4)19-26-29(25,27-20-23(11-5)17-14-8-2)28-21-24(12-6)18-15-9-3/h22-24H,7-21H2,1-6H3/t22-,23-,24+/m1/s1. The molecule has 0 heterocycles. The van der Waals surface area contributed by atoms with E-state index in [-0.39, 0.29) is 0 Å². The van der Waals surface area contributed by atoms with Crippen LogP contribution in [0.4, 0.5) is 0 Å². The van der Waals surface area contributed by atoms with Crippen molar-refractivity contribution in [2.45, 2.75) is 119 Å². The first-order valence-electron chi connectivity index (χ1n) is 12.5. The molecule has 0 unspecified atom stereocenters. The summed E-state index contributed by atoms with van der Waals surface area (Å²) in [5, 5.41) is 0. The molecule has 176 valence electrons. The second-order valence-corrected chi connectivity index (χ2v) is 10.3. The van der Waals surface area contributed by atoms with E-state index in [1.165, 1.54) is 38.5 Å². The molecule has 0 N–H and O–H groups in total. The quantitative estimate of drug-likeness (QED) is 0.169. The van der Waals surface area contributed by atoms with Crippen molar-refractivity contribution >= 4 is 7.82 Å². The zero-order valence-electron chi connectivity index (χ0n) is 20.4. The van der Waals surface area contributed by atoms with E-state index in [2.05, 4.69) is 41.5 Å². The average Bonchev–Trinajstić information content (AvgIpc) is 2.74. The van der Waals surface area contributed by atoms with E-state index in [0.717, 1.165) is 38.5 Å². The van der Waals surface area contributed by atoms with Crippen LogP contribution in [0.1, 0.15) is 119 Å². The molecule has 0 aromatic rings. The second kappa shape index (κ2) is 18.8. The molecule has 0 aliphatic heterocycles. The van der Waals surface area contributed by atoms with Gasteiger partial charge in [0, 0.05) is 0 Å². The maximum Gasteiger partial charge on any atom is 0.474 e. The van der Waals surface area contributed by atoms with Crippen molar-refractivity contribution in [2.24, 2.45) is 17.8 Å². The van der Waals surface area contributed by atoms with Crippen LogP contribution in [0.2, 0.25) is 0 Å². The Morgan fingerprint density at radius 1 is 0.552 bits per heavy atom.